The lowest BCUT2D eigenvalue weighted by atomic mass is 10.1. The summed E-state index contributed by atoms with van der Waals surface area (Å²) in [5.41, 5.74) is 1.90. The van der Waals surface area contributed by atoms with Crippen LogP contribution in [0.4, 0.5) is 0 Å². The van der Waals surface area contributed by atoms with Crippen LogP contribution in [0.15, 0.2) is 41.1 Å². The molecule has 0 saturated carbocycles. The zero-order valence-electron chi connectivity index (χ0n) is 12.5. The van der Waals surface area contributed by atoms with Crippen LogP contribution in [0.25, 0.3) is 0 Å². The van der Waals surface area contributed by atoms with Crippen LogP contribution in [-0.4, -0.2) is 24.0 Å². The fourth-order valence-electron chi connectivity index (χ4n) is 2.17. The molecule has 1 aromatic carbocycles. The molecule has 0 aliphatic heterocycles. The zero-order chi connectivity index (χ0) is 15.1. The van der Waals surface area contributed by atoms with E-state index in [0.29, 0.717) is 18.7 Å². The number of ether oxygens (including phenoxy) is 1. The lowest BCUT2D eigenvalue weighted by Crippen LogP contribution is -2.31. The van der Waals surface area contributed by atoms with Gasteiger partial charge in [0.05, 0.1) is 6.61 Å². The Morgan fingerprint density at radius 3 is 2.52 bits per heavy atom. The first kappa shape index (κ1) is 15.6. The highest BCUT2D eigenvalue weighted by Crippen LogP contribution is 2.16. The maximum absolute atomic E-state index is 12.6. The molecular formula is C17H21NO2S. The van der Waals surface area contributed by atoms with Crippen molar-refractivity contribution in [1.82, 2.24) is 4.90 Å². The van der Waals surface area contributed by atoms with Crippen molar-refractivity contribution in [3.63, 3.8) is 0 Å². The van der Waals surface area contributed by atoms with Crippen molar-refractivity contribution in [2.45, 2.75) is 26.8 Å². The molecule has 0 spiro atoms. The van der Waals surface area contributed by atoms with E-state index in [1.54, 1.807) is 11.3 Å². The Hall–Kier alpha value is -1.81. The number of carbonyl (C=O) groups is 1. The molecule has 1 amide bonds. The van der Waals surface area contributed by atoms with Crippen LogP contribution in [0.1, 0.15) is 36.2 Å². The number of amides is 1. The van der Waals surface area contributed by atoms with Crippen molar-refractivity contribution in [2.24, 2.45) is 0 Å². The third kappa shape index (κ3) is 4.33. The molecule has 0 radical (unpaired) electrons. The zero-order valence-corrected chi connectivity index (χ0v) is 13.4. The summed E-state index contributed by atoms with van der Waals surface area (Å²) in [5, 5.41) is 4.13. The van der Waals surface area contributed by atoms with E-state index in [0.717, 1.165) is 18.7 Å². The second-order valence-electron chi connectivity index (χ2n) is 4.82. The molecule has 0 fully saturated rings. The standard InChI is InChI=1S/C17H21NO2S/c1-3-10-18(12-14-9-11-21-13-14)17(19)15-5-7-16(8-6-15)20-4-2/h5-9,11,13H,3-4,10,12H2,1-2H3. The molecule has 0 N–H and O–H groups in total. The number of rotatable bonds is 7. The summed E-state index contributed by atoms with van der Waals surface area (Å²) >= 11 is 1.66. The summed E-state index contributed by atoms with van der Waals surface area (Å²) < 4.78 is 5.41. The first-order valence-corrected chi connectivity index (χ1v) is 8.22. The maximum atomic E-state index is 12.6. The normalized spacial score (nSPS) is 10.4. The van der Waals surface area contributed by atoms with Gasteiger partial charge in [0.1, 0.15) is 5.75 Å². The molecule has 0 atom stereocenters. The number of hydrogen-bond acceptors (Lipinski definition) is 3. The van der Waals surface area contributed by atoms with E-state index in [-0.39, 0.29) is 5.91 Å². The van der Waals surface area contributed by atoms with Gasteiger partial charge in [0.2, 0.25) is 0 Å². The monoisotopic (exact) mass is 303 g/mol. The minimum atomic E-state index is 0.0751. The summed E-state index contributed by atoms with van der Waals surface area (Å²) in [4.78, 5) is 14.5. The van der Waals surface area contributed by atoms with Gasteiger partial charge >= 0.3 is 0 Å². The molecule has 0 bridgehead atoms. The van der Waals surface area contributed by atoms with Crippen molar-refractivity contribution < 1.29 is 9.53 Å². The molecule has 4 heteroatoms. The van der Waals surface area contributed by atoms with Crippen LogP contribution in [0.5, 0.6) is 5.75 Å². The number of thiophene rings is 1. The number of carbonyl (C=O) groups excluding carboxylic acids is 1. The first-order valence-electron chi connectivity index (χ1n) is 7.27. The van der Waals surface area contributed by atoms with Crippen molar-refractivity contribution in [3.8, 4) is 5.75 Å². The molecule has 21 heavy (non-hydrogen) atoms. The average molecular weight is 303 g/mol. The summed E-state index contributed by atoms with van der Waals surface area (Å²) in [6, 6.07) is 9.45. The highest BCUT2D eigenvalue weighted by Gasteiger charge is 2.15. The summed E-state index contributed by atoms with van der Waals surface area (Å²) in [6.07, 6.45) is 0.951. The van der Waals surface area contributed by atoms with E-state index in [2.05, 4.69) is 18.4 Å². The van der Waals surface area contributed by atoms with E-state index < -0.39 is 0 Å². The minimum absolute atomic E-state index is 0.0751. The lowest BCUT2D eigenvalue weighted by molar-refractivity contribution is 0.0743. The third-order valence-corrected chi connectivity index (χ3v) is 3.88. The quantitative estimate of drug-likeness (QED) is 0.767. The molecule has 1 aromatic heterocycles. The van der Waals surface area contributed by atoms with Gasteiger partial charge in [-0.15, -0.1) is 0 Å². The molecule has 2 rings (SSSR count). The van der Waals surface area contributed by atoms with Gasteiger partial charge in [-0.2, -0.15) is 11.3 Å². The van der Waals surface area contributed by atoms with Crippen molar-refractivity contribution in [3.05, 3.63) is 52.2 Å². The highest BCUT2D eigenvalue weighted by molar-refractivity contribution is 7.07. The summed E-state index contributed by atoms with van der Waals surface area (Å²) in [6.45, 7) is 6.10. The summed E-state index contributed by atoms with van der Waals surface area (Å²) in [5.74, 6) is 0.875. The van der Waals surface area contributed by atoms with E-state index in [1.165, 1.54) is 5.56 Å². The SMILES string of the molecule is CCCN(Cc1ccsc1)C(=O)c1ccc(OCC)cc1. The van der Waals surface area contributed by atoms with Gasteiger partial charge in [-0.25, -0.2) is 0 Å². The topological polar surface area (TPSA) is 29.5 Å². The van der Waals surface area contributed by atoms with Crippen LogP contribution >= 0.6 is 11.3 Å². The predicted molar refractivity (Wildman–Crippen MR) is 87.0 cm³/mol. The Bertz CT molecular complexity index is 549. The Kier molecular flexibility index (Phi) is 5.81. The number of nitrogens with zero attached hydrogens (tertiary/aromatic N) is 1. The average Bonchev–Trinajstić information content (AvgIpc) is 3.00. The van der Waals surface area contributed by atoms with Crippen LogP contribution in [0, 0.1) is 0 Å². The highest BCUT2D eigenvalue weighted by atomic mass is 32.1. The molecule has 3 nitrogen and oxygen atoms in total. The number of hydrogen-bond donors (Lipinski definition) is 0. The van der Waals surface area contributed by atoms with Crippen molar-refractivity contribution >= 4 is 17.2 Å². The Labute approximate surface area is 130 Å². The molecule has 2 aromatic rings. The largest absolute Gasteiger partial charge is 0.494 e. The Balaban J connectivity index is 2.09. The lowest BCUT2D eigenvalue weighted by Gasteiger charge is -2.22. The van der Waals surface area contributed by atoms with Crippen molar-refractivity contribution in [2.75, 3.05) is 13.2 Å². The van der Waals surface area contributed by atoms with Crippen LogP contribution in [0.2, 0.25) is 0 Å². The van der Waals surface area contributed by atoms with Gasteiger partial charge in [-0.1, -0.05) is 6.92 Å². The van der Waals surface area contributed by atoms with Gasteiger partial charge in [0, 0.05) is 18.7 Å². The fourth-order valence-corrected chi connectivity index (χ4v) is 2.83. The maximum Gasteiger partial charge on any atom is 0.254 e. The van der Waals surface area contributed by atoms with E-state index in [9.17, 15) is 4.79 Å². The van der Waals surface area contributed by atoms with Gasteiger partial charge in [-0.3, -0.25) is 4.79 Å². The molecule has 0 saturated heterocycles. The Morgan fingerprint density at radius 1 is 1.19 bits per heavy atom. The third-order valence-electron chi connectivity index (χ3n) is 3.15. The summed E-state index contributed by atoms with van der Waals surface area (Å²) in [7, 11) is 0. The first-order chi connectivity index (χ1) is 10.2. The van der Waals surface area contributed by atoms with Crippen LogP contribution < -0.4 is 4.74 Å². The molecule has 0 aliphatic rings. The molecular weight excluding hydrogens is 282 g/mol. The Morgan fingerprint density at radius 2 is 1.95 bits per heavy atom. The van der Waals surface area contributed by atoms with Crippen LogP contribution in [0.3, 0.4) is 0 Å². The number of benzene rings is 1. The second-order valence-corrected chi connectivity index (χ2v) is 5.60. The predicted octanol–water partition coefficient (Wildman–Crippen LogP) is 4.20. The molecule has 0 unspecified atom stereocenters. The fraction of sp³-hybridized carbons (Fsp3) is 0.353. The van der Waals surface area contributed by atoms with Crippen molar-refractivity contribution in [1.29, 1.82) is 0 Å². The minimum Gasteiger partial charge on any atom is -0.494 e. The smallest absolute Gasteiger partial charge is 0.254 e. The van der Waals surface area contributed by atoms with E-state index in [4.69, 9.17) is 4.74 Å². The van der Waals surface area contributed by atoms with Crippen LogP contribution in [-0.2, 0) is 6.54 Å². The van der Waals surface area contributed by atoms with Gasteiger partial charge < -0.3 is 9.64 Å². The van der Waals surface area contributed by atoms with E-state index in [1.807, 2.05) is 41.5 Å². The van der Waals surface area contributed by atoms with Gasteiger partial charge in [0.25, 0.3) is 5.91 Å². The van der Waals surface area contributed by atoms with Gasteiger partial charge in [0.15, 0.2) is 0 Å². The second kappa shape index (κ2) is 7.84. The van der Waals surface area contributed by atoms with Gasteiger partial charge in [-0.05, 0) is 60.0 Å². The van der Waals surface area contributed by atoms with E-state index >= 15 is 0 Å². The molecule has 0 aliphatic carbocycles. The molecule has 1 heterocycles. The molecule has 112 valence electrons.